The smallest absolute Gasteiger partial charge is 0.254 e. The highest BCUT2D eigenvalue weighted by atomic mass is 32.2. The summed E-state index contributed by atoms with van der Waals surface area (Å²) < 4.78 is 39.8. The van der Waals surface area contributed by atoms with E-state index in [1.807, 2.05) is 30.3 Å². The van der Waals surface area contributed by atoms with Gasteiger partial charge in [-0.05, 0) is 60.4 Å². The summed E-state index contributed by atoms with van der Waals surface area (Å²) in [4.78, 5) is 17.2. The zero-order chi connectivity index (χ0) is 25.6. The van der Waals surface area contributed by atoms with Crippen molar-refractivity contribution in [1.29, 1.82) is 0 Å². The maximum absolute atomic E-state index is 13.5. The van der Waals surface area contributed by atoms with Crippen molar-refractivity contribution in [1.82, 2.24) is 9.21 Å². The number of sulfonamides is 1. The highest BCUT2D eigenvalue weighted by Crippen LogP contribution is 2.41. The van der Waals surface area contributed by atoms with E-state index in [2.05, 4.69) is 12.1 Å². The molecule has 37 heavy (non-hydrogen) atoms. The number of carbonyl (C=O) groups is 1. The Kier molecular flexibility index (Phi) is 6.38. The molecule has 1 amide bonds. The molecule has 7 nitrogen and oxygen atoms in total. The fraction of sp³-hybridized carbons (Fsp3) is 0.321. The Morgan fingerprint density at radius 3 is 2.41 bits per heavy atom. The highest BCUT2D eigenvalue weighted by Gasteiger charge is 2.34. The van der Waals surface area contributed by atoms with Gasteiger partial charge in [0.15, 0.2) is 11.5 Å². The molecule has 3 aromatic carbocycles. The molecular weight excluding hydrogens is 508 g/mol. The molecule has 1 fully saturated rings. The van der Waals surface area contributed by atoms with Gasteiger partial charge in [-0.3, -0.25) is 4.79 Å². The van der Waals surface area contributed by atoms with Crippen LogP contribution in [0.2, 0.25) is 0 Å². The Morgan fingerprint density at radius 2 is 1.59 bits per heavy atom. The third-order valence-corrected chi connectivity index (χ3v) is 10.7. The Morgan fingerprint density at radius 1 is 0.865 bits per heavy atom. The van der Waals surface area contributed by atoms with Crippen molar-refractivity contribution in [2.24, 2.45) is 0 Å². The third-order valence-electron chi connectivity index (χ3n) is 7.25. The lowest BCUT2D eigenvalue weighted by Crippen LogP contribution is -2.51. The molecular formula is C28H28N2O5S2. The number of fused-ring (bicyclic) bond motifs is 3. The van der Waals surface area contributed by atoms with Crippen LogP contribution in [0.25, 0.3) is 0 Å². The first kappa shape index (κ1) is 24.3. The first-order valence-electron chi connectivity index (χ1n) is 12.5. The average molecular weight is 537 g/mol. The SMILES string of the molecule is CC(c1ccc2c(c1)Cc1ccccc1S2)S(=O)(=O)N1CCN(C(=O)c2ccc3c(c2)OCCO3)CC1. The molecule has 0 radical (unpaired) electrons. The zero-order valence-electron chi connectivity index (χ0n) is 20.6. The zero-order valence-corrected chi connectivity index (χ0v) is 22.2. The van der Waals surface area contributed by atoms with Crippen LogP contribution in [-0.2, 0) is 16.4 Å². The summed E-state index contributed by atoms with van der Waals surface area (Å²) in [5.74, 6) is 1.08. The number of amides is 1. The van der Waals surface area contributed by atoms with Crippen LogP contribution in [0.1, 0.15) is 39.2 Å². The molecule has 0 aromatic heterocycles. The summed E-state index contributed by atoms with van der Waals surface area (Å²) >= 11 is 1.73. The van der Waals surface area contributed by atoms with Gasteiger partial charge in [0.1, 0.15) is 13.2 Å². The van der Waals surface area contributed by atoms with Crippen LogP contribution in [0.3, 0.4) is 0 Å². The van der Waals surface area contributed by atoms with E-state index in [1.165, 1.54) is 19.7 Å². The Balaban J connectivity index is 1.13. The van der Waals surface area contributed by atoms with Gasteiger partial charge >= 0.3 is 0 Å². The summed E-state index contributed by atoms with van der Waals surface area (Å²) in [7, 11) is -3.58. The number of hydrogen-bond donors (Lipinski definition) is 0. The van der Waals surface area contributed by atoms with Crippen LogP contribution < -0.4 is 9.47 Å². The van der Waals surface area contributed by atoms with E-state index >= 15 is 0 Å². The van der Waals surface area contributed by atoms with Crippen molar-refractivity contribution < 1.29 is 22.7 Å². The van der Waals surface area contributed by atoms with Gasteiger partial charge in [0.2, 0.25) is 10.0 Å². The average Bonchev–Trinajstić information content (AvgIpc) is 2.94. The van der Waals surface area contributed by atoms with E-state index in [-0.39, 0.29) is 19.0 Å². The molecule has 3 aliphatic heterocycles. The highest BCUT2D eigenvalue weighted by molar-refractivity contribution is 7.99. The van der Waals surface area contributed by atoms with Crippen molar-refractivity contribution >= 4 is 27.7 Å². The lowest BCUT2D eigenvalue weighted by atomic mass is 10.0. The fourth-order valence-electron chi connectivity index (χ4n) is 5.06. The molecule has 3 aromatic rings. The van der Waals surface area contributed by atoms with Crippen molar-refractivity contribution in [3.8, 4) is 11.5 Å². The van der Waals surface area contributed by atoms with Crippen LogP contribution in [0.5, 0.6) is 11.5 Å². The molecule has 9 heteroatoms. The minimum atomic E-state index is -3.58. The molecule has 1 unspecified atom stereocenters. The van der Waals surface area contributed by atoms with Crippen molar-refractivity contribution in [2.45, 2.75) is 28.4 Å². The van der Waals surface area contributed by atoms with E-state index in [4.69, 9.17) is 9.47 Å². The number of nitrogens with zero attached hydrogens (tertiary/aromatic N) is 2. The number of carbonyl (C=O) groups excluding carboxylic acids is 1. The third kappa shape index (κ3) is 4.60. The minimum Gasteiger partial charge on any atom is -0.486 e. The second-order valence-corrected chi connectivity index (χ2v) is 12.8. The van der Waals surface area contributed by atoms with E-state index < -0.39 is 15.3 Å². The number of rotatable bonds is 4. The number of piperazine rings is 1. The lowest BCUT2D eigenvalue weighted by molar-refractivity contribution is 0.0696. The predicted molar refractivity (Wildman–Crippen MR) is 142 cm³/mol. The predicted octanol–water partition coefficient (Wildman–Crippen LogP) is 4.36. The molecule has 3 heterocycles. The van der Waals surface area contributed by atoms with Gasteiger partial charge in [-0.2, -0.15) is 4.31 Å². The van der Waals surface area contributed by atoms with E-state index in [0.717, 1.165) is 17.5 Å². The molecule has 0 saturated carbocycles. The summed E-state index contributed by atoms with van der Waals surface area (Å²) in [6.07, 6.45) is 0.805. The van der Waals surface area contributed by atoms with E-state index in [0.29, 0.717) is 43.4 Å². The van der Waals surface area contributed by atoms with Crippen molar-refractivity contribution in [3.63, 3.8) is 0 Å². The topological polar surface area (TPSA) is 76.2 Å². The monoisotopic (exact) mass is 536 g/mol. The van der Waals surface area contributed by atoms with Crippen LogP contribution in [0, 0.1) is 0 Å². The van der Waals surface area contributed by atoms with Crippen LogP contribution >= 0.6 is 11.8 Å². The number of ether oxygens (including phenoxy) is 2. The molecule has 3 aliphatic rings. The second-order valence-electron chi connectivity index (χ2n) is 9.49. The molecule has 0 N–H and O–H groups in total. The fourth-order valence-corrected chi connectivity index (χ4v) is 7.73. The quantitative estimate of drug-likeness (QED) is 0.386. The van der Waals surface area contributed by atoms with Crippen LogP contribution in [0.15, 0.2) is 70.5 Å². The van der Waals surface area contributed by atoms with Crippen LogP contribution in [-0.4, -0.2) is 62.9 Å². The lowest BCUT2D eigenvalue weighted by Gasteiger charge is -2.35. The Labute approximate surface area is 221 Å². The Hall–Kier alpha value is -3.01. The molecule has 1 atom stereocenters. The summed E-state index contributed by atoms with van der Waals surface area (Å²) in [5, 5.41) is -0.667. The van der Waals surface area contributed by atoms with Crippen molar-refractivity contribution in [2.75, 3.05) is 39.4 Å². The van der Waals surface area contributed by atoms with Gasteiger partial charge < -0.3 is 14.4 Å². The summed E-state index contributed by atoms with van der Waals surface area (Å²) in [6.45, 7) is 3.94. The number of hydrogen-bond acceptors (Lipinski definition) is 6. The van der Waals surface area contributed by atoms with Crippen LogP contribution in [0.4, 0.5) is 0 Å². The maximum Gasteiger partial charge on any atom is 0.254 e. The van der Waals surface area contributed by atoms with E-state index in [9.17, 15) is 13.2 Å². The van der Waals surface area contributed by atoms with Gasteiger partial charge in [-0.25, -0.2) is 8.42 Å². The van der Waals surface area contributed by atoms with E-state index in [1.54, 1.807) is 41.8 Å². The molecule has 6 rings (SSSR count). The van der Waals surface area contributed by atoms with Gasteiger partial charge in [0, 0.05) is 41.5 Å². The minimum absolute atomic E-state index is 0.130. The molecule has 0 aliphatic carbocycles. The van der Waals surface area contributed by atoms with Crippen molar-refractivity contribution in [3.05, 3.63) is 82.9 Å². The number of benzene rings is 3. The first-order valence-corrected chi connectivity index (χ1v) is 14.8. The second kappa shape index (κ2) is 9.70. The first-order chi connectivity index (χ1) is 17.9. The van der Waals surface area contributed by atoms with Gasteiger partial charge in [-0.15, -0.1) is 0 Å². The molecule has 0 bridgehead atoms. The van der Waals surface area contributed by atoms with Gasteiger partial charge in [0.25, 0.3) is 5.91 Å². The Bertz CT molecular complexity index is 1470. The summed E-state index contributed by atoms with van der Waals surface area (Å²) in [6, 6.07) is 19.5. The normalized spacial score (nSPS) is 18.0. The van der Waals surface area contributed by atoms with Gasteiger partial charge in [-0.1, -0.05) is 42.1 Å². The molecule has 192 valence electrons. The standard InChI is InChI=1S/C28H28N2O5S2/c1-19(20-7-9-27-23(16-20)17-21-4-2-3-5-26(21)36-27)37(32,33)30-12-10-29(11-13-30)28(31)22-6-8-24-25(18-22)35-15-14-34-24/h2-9,16,18-19H,10-15,17H2,1H3. The maximum atomic E-state index is 13.5. The largest absolute Gasteiger partial charge is 0.486 e. The molecule has 1 saturated heterocycles. The summed E-state index contributed by atoms with van der Waals surface area (Å²) in [5.41, 5.74) is 3.75. The molecule has 0 spiro atoms. The van der Waals surface area contributed by atoms with Gasteiger partial charge in [0.05, 0.1) is 5.25 Å².